The Morgan fingerprint density at radius 2 is 1.76 bits per heavy atom. The number of H-pyrrole nitrogens is 1. The Morgan fingerprint density at radius 3 is 2.33 bits per heavy atom. The number of nitrogens with one attached hydrogen (secondary N) is 2. The van der Waals surface area contributed by atoms with Gasteiger partial charge < -0.3 is 25.0 Å². The van der Waals surface area contributed by atoms with Gasteiger partial charge in [-0.2, -0.15) is 0 Å². The van der Waals surface area contributed by atoms with E-state index in [2.05, 4.69) is 15.3 Å². The van der Waals surface area contributed by atoms with Gasteiger partial charge in [0.1, 0.15) is 18.5 Å². The average Bonchev–Trinajstić information content (AvgIpc) is 3.42. The number of alkyl carbamates (subject to hydrolysis) is 1. The van der Waals surface area contributed by atoms with Crippen LogP contribution in [0.4, 0.5) is 4.79 Å². The first-order valence-corrected chi connectivity index (χ1v) is 10.5. The van der Waals surface area contributed by atoms with E-state index in [4.69, 9.17) is 4.74 Å². The lowest BCUT2D eigenvalue weighted by Gasteiger charge is -2.23. The van der Waals surface area contributed by atoms with Crippen LogP contribution in [-0.2, 0) is 20.9 Å². The van der Waals surface area contributed by atoms with Gasteiger partial charge >= 0.3 is 12.1 Å². The van der Waals surface area contributed by atoms with Gasteiger partial charge in [-0.15, -0.1) is 0 Å². The van der Waals surface area contributed by atoms with Crippen molar-refractivity contribution in [3.05, 3.63) is 77.9 Å². The SMILES string of the molecule is CN(Cc1ncc[nH]1)C(=O)C(CC(=O)O)NC(=O)OCC1c2ccccc2-c2ccccc21. The van der Waals surface area contributed by atoms with Gasteiger partial charge in [0.15, 0.2) is 0 Å². The van der Waals surface area contributed by atoms with Gasteiger partial charge in [0.05, 0.1) is 13.0 Å². The number of imidazole rings is 1. The molecule has 0 aliphatic heterocycles. The molecule has 170 valence electrons. The lowest BCUT2D eigenvalue weighted by atomic mass is 9.98. The highest BCUT2D eigenvalue weighted by molar-refractivity contribution is 5.89. The summed E-state index contributed by atoms with van der Waals surface area (Å²) >= 11 is 0. The summed E-state index contributed by atoms with van der Waals surface area (Å²) in [6, 6.07) is 14.6. The van der Waals surface area contributed by atoms with E-state index in [0.29, 0.717) is 5.82 Å². The van der Waals surface area contributed by atoms with E-state index in [1.165, 1.54) is 11.9 Å². The van der Waals surface area contributed by atoms with Crippen molar-refractivity contribution in [1.82, 2.24) is 20.2 Å². The summed E-state index contributed by atoms with van der Waals surface area (Å²) in [7, 11) is 1.51. The second kappa shape index (κ2) is 9.56. The lowest BCUT2D eigenvalue weighted by molar-refractivity contribution is -0.142. The van der Waals surface area contributed by atoms with Crippen molar-refractivity contribution in [2.75, 3.05) is 13.7 Å². The summed E-state index contributed by atoms with van der Waals surface area (Å²) in [5.41, 5.74) is 4.31. The van der Waals surface area contributed by atoms with Gasteiger partial charge in [0, 0.05) is 25.4 Å². The van der Waals surface area contributed by atoms with Crippen molar-refractivity contribution in [3.63, 3.8) is 0 Å². The van der Waals surface area contributed by atoms with Crippen LogP contribution in [0.2, 0.25) is 0 Å². The molecule has 4 rings (SSSR count). The maximum atomic E-state index is 12.8. The molecule has 2 amide bonds. The molecule has 0 radical (unpaired) electrons. The molecule has 9 heteroatoms. The number of likely N-dealkylation sites (N-methyl/N-ethyl adjacent to an activating group) is 1. The third-order valence-corrected chi connectivity index (χ3v) is 5.63. The number of aliphatic carboxylic acids is 1. The molecule has 33 heavy (non-hydrogen) atoms. The predicted octanol–water partition coefficient (Wildman–Crippen LogP) is 2.75. The second-order valence-corrected chi connectivity index (χ2v) is 7.85. The van der Waals surface area contributed by atoms with Crippen LogP contribution in [0.5, 0.6) is 0 Å². The maximum absolute atomic E-state index is 12.8. The number of benzene rings is 2. The molecule has 3 aromatic rings. The fourth-order valence-corrected chi connectivity index (χ4v) is 4.11. The largest absolute Gasteiger partial charge is 0.481 e. The Kier molecular flexibility index (Phi) is 6.39. The van der Waals surface area contributed by atoms with E-state index < -0.39 is 30.4 Å². The number of nitrogens with zero attached hydrogens (tertiary/aromatic N) is 2. The van der Waals surface area contributed by atoms with E-state index in [0.717, 1.165) is 22.3 Å². The van der Waals surface area contributed by atoms with Crippen LogP contribution in [0.25, 0.3) is 11.1 Å². The van der Waals surface area contributed by atoms with E-state index >= 15 is 0 Å². The Bertz CT molecular complexity index is 1120. The van der Waals surface area contributed by atoms with Crippen molar-refractivity contribution < 1.29 is 24.2 Å². The number of rotatable bonds is 8. The van der Waals surface area contributed by atoms with Gasteiger partial charge in [-0.3, -0.25) is 9.59 Å². The topological polar surface area (TPSA) is 125 Å². The summed E-state index contributed by atoms with van der Waals surface area (Å²) < 4.78 is 5.46. The fourth-order valence-electron chi connectivity index (χ4n) is 4.11. The van der Waals surface area contributed by atoms with E-state index in [-0.39, 0.29) is 19.1 Å². The van der Waals surface area contributed by atoms with Gasteiger partial charge in [0.2, 0.25) is 5.91 Å². The smallest absolute Gasteiger partial charge is 0.407 e. The van der Waals surface area contributed by atoms with E-state index in [9.17, 15) is 19.5 Å². The number of ether oxygens (including phenoxy) is 1. The number of carboxylic acids is 1. The van der Waals surface area contributed by atoms with Crippen LogP contribution in [0.1, 0.15) is 29.3 Å². The normalized spacial score (nSPS) is 13.0. The Balaban J connectivity index is 1.42. The first-order valence-electron chi connectivity index (χ1n) is 10.5. The number of fused-ring (bicyclic) bond motifs is 3. The molecule has 1 aromatic heterocycles. The van der Waals surface area contributed by atoms with Crippen LogP contribution in [0, 0.1) is 0 Å². The molecule has 2 aromatic carbocycles. The Labute approximate surface area is 190 Å². The monoisotopic (exact) mass is 448 g/mol. The maximum Gasteiger partial charge on any atom is 0.407 e. The second-order valence-electron chi connectivity index (χ2n) is 7.85. The highest BCUT2D eigenvalue weighted by atomic mass is 16.5. The number of carbonyl (C=O) groups excluding carboxylic acids is 2. The molecular weight excluding hydrogens is 424 g/mol. The Morgan fingerprint density at radius 1 is 1.12 bits per heavy atom. The summed E-state index contributed by atoms with van der Waals surface area (Å²) in [6.07, 6.45) is 1.77. The molecular formula is C24H24N4O5. The van der Waals surface area contributed by atoms with Gasteiger partial charge in [-0.25, -0.2) is 9.78 Å². The number of hydrogen-bond donors (Lipinski definition) is 3. The van der Waals surface area contributed by atoms with Crippen molar-refractivity contribution in [3.8, 4) is 11.1 Å². The molecule has 1 aliphatic rings. The van der Waals surface area contributed by atoms with Crippen molar-refractivity contribution >= 4 is 18.0 Å². The van der Waals surface area contributed by atoms with E-state index in [1.54, 1.807) is 12.4 Å². The molecule has 1 unspecified atom stereocenters. The first kappa shape index (κ1) is 22.1. The number of hydrogen-bond acceptors (Lipinski definition) is 5. The molecule has 1 aliphatic carbocycles. The molecule has 3 N–H and O–H groups in total. The Hall–Kier alpha value is -4.14. The zero-order chi connectivity index (χ0) is 23.4. The number of aromatic amines is 1. The van der Waals surface area contributed by atoms with Crippen LogP contribution in [0.15, 0.2) is 60.9 Å². The first-order chi connectivity index (χ1) is 15.9. The molecule has 9 nitrogen and oxygen atoms in total. The lowest BCUT2D eigenvalue weighted by Crippen LogP contribution is -2.48. The minimum Gasteiger partial charge on any atom is -0.481 e. The third kappa shape index (κ3) is 4.87. The standard InChI is InChI=1S/C24H24N4O5/c1-28(13-21-25-10-11-26-21)23(31)20(12-22(29)30)27-24(32)33-14-19-17-8-4-2-6-15(17)16-7-3-5-9-18(16)19/h2-11,19-20H,12-14H2,1H3,(H,25,26)(H,27,32)(H,29,30). The molecule has 0 spiro atoms. The molecule has 0 fully saturated rings. The summed E-state index contributed by atoms with van der Waals surface area (Å²) in [4.78, 5) is 44.9. The number of amides is 2. The highest BCUT2D eigenvalue weighted by Gasteiger charge is 2.31. The molecule has 1 atom stereocenters. The summed E-state index contributed by atoms with van der Waals surface area (Å²) in [5.74, 6) is -1.36. The minimum absolute atomic E-state index is 0.0656. The molecule has 1 heterocycles. The van der Waals surface area contributed by atoms with Gasteiger partial charge in [0.25, 0.3) is 0 Å². The minimum atomic E-state index is -1.27. The zero-order valence-electron chi connectivity index (χ0n) is 18.0. The molecule has 0 saturated heterocycles. The fraction of sp³-hybridized carbons (Fsp3) is 0.250. The van der Waals surface area contributed by atoms with Gasteiger partial charge in [-0.1, -0.05) is 48.5 Å². The number of carboxylic acid groups (broad SMARTS) is 1. The van der Waals surface area contributed by atoms with Crippen LogP contribution < -0.4 is 5.32 Å². The van der Waals surface area contributed by atoms with Crippen molar-refractivity contribution in [1.29, 1.82) is 0 Å². The number of aromatic nitrogens is 2. The number of carbonyl (C=O) groups is 3. The summed E-state index contributed by atoms with van der Waals surface area (Å²) in [6.45, 7) is 0.213. The van der Waals surface area contributed by atoms with Crippen LogP contribution in [0.3, 0.4) is 0 Å². The summed E-state index contributed by atoms with van der Waals surface area (Å²) in [5, 5.41) is 11.6. The van der Waals surface area contributed by atoms with E-state index in [1.807, 2.05) is 48.5 Å². The molecule has 0 bridgehead atoms. The van der Waals surface area contributed by atoms with Crippen molar-refractivity contribution in [2.45, 2.75) is 24.9 Å². The predicted molar refractivity (Wildman–Crippen MR) is 119 cm³/mol. The van der Waals surface area contributed by atoms with Crippen LogP contribution in [-0.4, -0.2) is 57.6 Å². The third-order valence-electron chi connectivity index (χ3n) is 5.63. The van der Waals surface area contributed by atoms with Gasteiger partial charge in [-0.05, 0) is 22.3 Å². The highest BCUT2D eigenvalue weighted by Crippen LogP contribution is 2.44. The average molecular weight is 448 g/mol. The quantitative estimate of drug-likeness (QED) is 0.487. The van der Waals surface area contributed by atoms with Crippen LogP contribution >= 0.6 is 0 Å². The molecule has 0 saturated carbocycles. The van der Waals surface area contributed by atoms with Crippen molar-refractivity contribution in [2.24, 2.45) is 0 Å². The zero-order valence-corrected chi connectivity index (χ0v) is 18.0.